The zero-order valence-electron chi connectivity index (χ0n) is 37.9. The smallest absolute Gasteiger partial charge is 0.870 e. The number of carbonyl (C=O) groups is 2. The number of hydrogen-bond donors (Lipinski definition) is 0. The third-order valence-corrected chi connectivity index (χ3v) is 11.9. The van der Waals surface area contributed by atoms with Gasteiger partial charge in [0.05, 0.1) is 24.1 Å². The van der Waals surface area contributed by atoms with Crippen LogP contribution in [0.2, 0.25) is 0 Å². The number of imidazole rings is 2. The normalized spacial score (nSPS) is 18.5. The van der Waals surface area contributed by atoms with Crippen molar-refractivity contribution in [3.63, 3.8) is 0 Å². The summed E-state index contributed by atoms with van der Waals surface area (Å²) in [7, 11) is 17.2. The second kappa shape index (κ2) is 24.9. The van der Waals surface area contributed by atoms with Crippen LogP contribution in [0.4, 0.5) is 11.6 Å². The number of methoxy groups -OCH3 is 1. The molecule has 0 aliphatic heterocycles. The van der Waals surface area contributed by atoms with E-state index in [1.54, 1.807) is 27.8 Å². The fourth-order valence-corrected chi connectivity index (χ4v) is 8.06. The van der Waals surface area contributed by atoms with Gasteiger partial charge in [-0.1, -0.05) is 7.43 Å². The molecule has 0 atom stereocenters. The Morgan fingerprint density at radius 2 is 1.02 bits per heavy atom. The summed E-state index contributed by atoms with van der Waals surface area (Å²) in [4.78, 5) is 66.6. The third kappa shape index (κ3) is 13.7. The topological polar surface area (TPSA) is 189 Å². The van der Waals surface area contributed by atoms with Gasteiger partial charge in [0.25, 0.3) is 0 Å². The van der Waals surface area contributed by atoms with Crippen molar-refractivity contribution in [2.24, 2.45) is 37.8 Å². The van der Waals surface area contributed by atoms with Crippen molar-refractivity contribution in [3.05, 3.63) is 45.2 Å². The number of aryl methyl sites for hydroxylation is 2. The first-order valence-electron chi connectivity index (χ1n) is 20.2. The number of hydrogen-bond acceptors (Lipinski definition) is 13. The van der Waals surface area contributed by atoms with Crippen LogP contribution in [0, 0.1) is 23.7 Å². The fourth-order valence-electron chi connectivity index (χ4n) is 8.06. The van der Waals surface area contributed by atoms with E-state index >= 15 is 0 Å². The van der Waals surface area contributed by atoms with Gasteiger partial charge in [-0.05, 0) is 122 Å². The van der Waals surface area contributed by atoms with Crippen molar-refractivity contribution >= 4 is 45.9 Å². The first-order chi connectivity index (χ1) is 27.1. The molecule has 0 saturated heterocycles. The Labute approximate surface area is 385 Å². The summed E-state index contributed by atoms with van der Waals surface area (Å²) in [6, 6.07) is 7.86. The largest absolute Gasteiger partial charge is 1.00 e. The van der Waals surface area contributed by atoms with E-state index in [9.17, 15) is 24.3 Å². The number of rotatable bonds is 14. The van der Waals surface area contributed by atoms with Crippen molar-refractivity contribution in [1.29, 1.82) is 0 Å². The van der Waals surface area contributed by atoms with Crippen LogP contribution in [-0.4, -0.2) is 131 Å². The maximum atomic E-state index is 12.9. The molecule has 0 unspecified atom stereocenters. The Balaban J connectivity index is 0.000000573. The molecular weight excluding hydrogens is 770 g/mol. The molecule has 61 heavy (non-hydrogen) atoms. The Morgan fingerprint density at radius 1 is 0.656 bits per heavy atom. The third-order valence-electron chi connectivity index (χ3n) is 11.9. The number of fused-ring (bicyclic) bond motifs is 2. The standard InChI is InChI=1S/C21H33N5O3.C20H31N5O3.CH4.2Li.H2O/c1-23(2)12-13-24(3)18-11-10-17-19(22-18)26(21(28)25(17)4)14-15-6-8-16(9-7-15)20(27)29-5;1-22(2)11-12-23(3)17-10-9-16-18(21-17)25(20(28)24(16)4)13-14-5-7-15(8-6-14)19(26)27;;;;/h10-11,15-16H,6-9,12-14H2,1-5H3;9-10,14-15H,5-8,11-13H2,1-4H3,(H,26,27);1H4;;;1H2/q;;;2*+1;/p-2. The van der Waals surface area contributed by atoms with Crippen LogP contribution in [-0.2, 0) is 41.5 Å². The van der Waals surface area contributed by atoms with Crippen molar-refractivity contribution in [2.45, 2.75) is 71.9 Å². The van der Waals surface area contributed by atoms with Crippen LogP contribution in [0.3, 0.4) is 0 Å². The van der Waals surface area contributed by atoms with E-state index in [4.69, 9.17) is 14.7 Å². The molecule has 4 aromatic rings. The summed E-state index contributed by atoms with van der Waals surface area (Å²) < 4.78 is 11.7. The van der Waals surface area contributed by atoms with Gasteiger partial charge in [0.2, 0.25) is 0 Å². The van der Waals surface area contributed by atoms with Crippen molar-refractivity contribution in [3.8, 4) is 0 Å². The van der Waals surface area contributed by atoms with Crippen LogP contribution in [0.1, 0.15) is 58.8 Å². The van der Waals surface area contributed by atoms with Crippen LogP contribution >= 0.6 is 0 Å². The maximum absolute atomic E-state index is 12.9. The number of aromatic nitrogens is 6. The number of esters is 1. The van der Waals surface area contributed by atoms with E-state index in [0.29, 0.717) is 37.5 Å². The van der Waals surface area contributed by atoms with Crippen molar-refractivity contribution < 1.29 is 62.6 Å². The quantitative estimate of drug-likeness (QED) is 0.0899. The molecule has 17 nitrogen and oxygen atoms in total. The molecule has 6 rings (SSSR count). The Bertz CT molecular complexity index is 2120. The molecule has 2 aliphatic rings. The molecule has 0 amide bonds. The minimum atomic E-state index is -0.951. The molecule has 4 aromatic heterocycles. The number of ether oxygens (including phenoxy) is 1. The Hall–Kier alpha value is -3.55. The molecule has 1 N–H and O–H groups in total. The van der Waals surface area contributed by atoms with Gasteiger partial charge < -0.3 is 39.7 Å². The molecule has 2 saturated carbocycles. The van der Waals surface area contributed by atoms with Gasteiger partial charge >= 0.3 is 55.1 Å². The van der Waals surface area contributed by atoms with Crippen LogP contribution in [0.5, 0.6) is 0 Å². The molecule has 2 aliphatic carbocycles. The van der Waals surface area contributed by atoms with Crippen LogP contribution in [0.15, 0.2) is 33.9 Å². The number of nitrogens with zero attached hydrogens (tertiary/aromatic N) is 10. The Morgan fingerprint density at radius 3 is 1.34 bits per heavy atom. The van der Waals surface area contributed by atoms with Gasteiger partial charge in [-0.2, -0.15) is 0 Å². The Kier molecular flexibility index (Phi) is 22.7. The summed E-state index contributed by atoms with van der Waals surface area (Å²) in [5, 5.41) is 11.1. The number of carboxylic acid groups (broad SMARTS) is 1. The predicted octanol–water partition coefficient (Wildman–Crippen LogP) is -3.53. The zero-order chi connectivity index (χ0) is 41.6. The zero-order valence-corrected chi connectivity index (χ0v) is 37.9. The molecule has 0 spiro atoms. The monoisotopic (exact) mass is 839 g/mol. The van der Waals surface area contributed by atoms with Gasteiger partial charge in [0, 0.05) is 73.4 Å². The molecule has 330 valence electrons. The number of carboxylic acids is 1. The summed E-state index contributed by atoms with van der Waals surface area (Å²) >= 11 is 0. The number of likely N-dealkylation sites (N-methyl/N-ethyl adjacent to an activating group) is 4. The SMILES string of the molecule is C.CN(C)CCN(C)c1ccc2c(n1)n(CC1CCC(C(=O)[O-])CC1)c(=O)n2C.COC(=O)C1CCC(Cn2c(=O)n(C)c3ccc(N(C)CCN(C)C)nc32)CC1.[Li+].[Li+].[OH-]. The molecule has 19 heteroatoms. The van der Waals surface area contributed by atoms with E-state index < -0.39 is 5.97 Å². The molecule has 2 fully saturated rings. The number of pyridine rings is 2. The second-order valence-electron chi connectivity index (χ2n) is 16.7. The molecule has 0 bridgehead atoms. The van der Waals surface area contributed by atoms with Crippen LogP contribution in [0.25, 0.3) is 22.3 Å². The summed E-state index contributed by atoms with van der Waals surface area (Å²) in [5.41, 5.74) is 3.00. The van der Waals surface area contributed by atoms with E-state index in [-0.39, 0.29) is 85.7 Å². The average Bonchev–Trinajstić information content (AvgIpc) is 3.58. The summed E-state index contributed by atoms with van der Waals surface area (Å²) in [6.45, 7) is 4.77. The van der Waals surface area contributed by atoms with Crippen molar-refractivity contribution in [1.82, 2.24) is 38.0 Å². The first kappa shape index (κ1) is 55.5. The van der Waals surface area contributed by atoms with Gasteiger partial charge in [-0.3, -0.25) is 23.1 Å². The predicted molar refractivity (Wildman–Crippen MR) is 230 cm³/mol. The van der Waals surface area contributed by atoms with Crippen LogP contribution < -0.4 is 64.0 Å². The molecular formula is C42H68Li2N10O7. The first-order valence-corrected chi connectivity index (χ1v) is 20.2. The minimum Gasteiger partial charge on any atom is -0.870 e. The van der Waals surface area contributed by atoms with Gasteiger partial charge in [0.15, 0.2) is 11.3 Å². The van der Waals surface area contributed by atoms with Gasteiger partial charge in [-0.25, -0.2) is 19.6 Å². The van der Waals surface area contributed by atoms with Gasteiger partial charge in [-0.15, -0.1) is 0 Å². The average molecular weight is 839 g/mol. The van der Waals surface area contributed by atoms with E-state index in [2.05, 4.69) is 19.6 Å². The fraction of sp³-hybridized carbons (Fsp3) is 0.667. The number of anilines is 2. The van der Waals surface area contributed by atoms with Gasteiger partial charge in [0.1, 0.15) is 11.6 Å². The minimum absolute atomic E-state index is 0. The molecule has 0 radical (unpaired) electrons. The summed E-state index contributed by atoms with van der Waals surface area (Å²) in [5.74, 6) is 0.950. The van der Waals surface area contributed by atoms with Crippen molar-refractivity contribution in [2.75, 3.05) is 85.4 Å². The summed E-state index contributed by atoms with van der Waals surface area (Å²) in [6.07, 6.45) is 6.33. The van der Waals surface area contributed by atoms with E-state index in [0.717, 1.165) is 93.0 Å². The maximum Gasteiger partial charge on any atom is 1.00 e. The van der Waals surface area contributed by atoms with E-state index in [1.807, 2.05) is 71.1 Å². The molecule has 0 aromatic carbocycles. The number of aliphatic carboxylic acids is 1. The second-order valence-corrected chi connectivity index (χ2v) is 16.7. The van der Waals surface area contributed by atoms with E-state index in [1.165, 1.54) is 7.11 Å². The molecule has 4 heterocycles. The number of carbonyl (C=O) groups excluding carboxylic acids is 2.